The van der Waals surface area contributed by atoms with Gasteiger partial charge in [-0.15, -0.1) is 0 Å². The maximum absolute atomic E-state index is 12.5. The summed E-state index contributed by atoms with van der Waals surface area (Å²) in [6, 6.07) is 10.8. The van der Waals surface area contributed by atoms with Crippen LogP contribution in [0.5, 0.6) is 5.75 Å². The van der Waals surface area contributed by atoms with Gasteiger partial charge in [0, 0.05) is 18.5 Å². The first-order valence-electron chi connectivity index (χ1n) is 6.35. The lowest BCUT2D eigenvalue weighted by Crippen LogP contribution is -2.40. The van der Waals surface area contributed by atoms with Crippen molar-refractivity contribution in [3.05, 3.63) is 42.0 Å². The first-order valence-corrected chi connectivity index (χ1v) is 6.35. The molecule has 0 unspecified atom stereocenters. The Morgan fingerprint density at radius 1 is 1.11 bits per heavy atom. The van der Waals surface area contributed by atoms with Crippen LogP contribution < -0.4 is 0 Å². The molecule has 0 bridgehead atoms. The minimum atomic E-state index is -0.0459. The van der Waals surface area contributed by atoms with Crippen molar-refractivity contribution in [1.29, 1.82) is 0 Å². The number of nitrogens with zero attached hydrogens (tertiary/aromatic N) is 1. The fraction of sp³-hybridized carbons (Fsp3) is 0.267. The maximum atomic E-state index is 12.5. The zero-order chi connectivity index (χ0) is 13.2. The van der Waals surface area contributed by atoms with E-state index in [1.807, 2.05) is 18.2 Å². The number of fused-ring (bicyclic) bond motifs is 1. The molecule has 0 spiro atoms. The van der Waals surface area contributed by atoms with Crippen molar-refractivity contribution in [2.24, 2.45) is 0 Å². The molecule has 1 saturated heterocycles. The van der Waals surface area contributed by atoms with Crippen molar-refractivity contribution >= 4 is 16.7 Å². The second-order valence-corrected chi connectivity index (χ2v) is 4.59. The van der Waals surface area contributed by atoms with Gasteiger partial charge >= 0.3 is 0 Å². The van der Waals surface area contributed by atoms with Crippen LogP contribution in [0, 0.1) is 0 Å². The van der Waals surface area contributed by atoms with Gasteiger partial charge in [0.05, 0.1) is 18.8 Å². The molecular formula is C15H15NO3. The molecule has 4 heteroatoms. The summed E-state index contributed by atoms with van der Waals surface area (Å²) in [7, 11) is 0. The predicted molar refractivity (Wildman–Crippen MR) is 72.3 cm³/mol. The highest BCUT2D eigenvalue weighted by molar-refractivity contribution is 6.09. The van der Waals surface area contributed by atoms with Gasteiger partial charge < -0.3 is 14.7 Å². The van der Waals surface area contributed by atoms with Gasteiger partial charge in [0.1, 0.15) is 5.75 Å². The Labute approximate surface area is 111 Å². The Morgan fingerprint density at radius 2 is 1.79 bits per heavy atom. The summed E-state index contributed by atoms with van der Waals surface area (Å²) in [6.45, 7) is 2.34. The van der Waals surface area contributed by atoms with E-state index in [9.17, 15) is 9.90 Å². The number of hydrogen-bond donors (Lipinski definition) is 1. The van der Waals surface area contributed by atoms with E-state index in [-0.39, 0.29) is 11.7 Å². The van der Waals surface area contributed by atoms with Crippen LogP contribution in [0.25, 0.3) is 10.8 Å². The SMILES string of the molecule is O=C(c1cccc2cccc(O)c12)N1CCOCC1. The van der Waals surface area contributed by atoms with Crippen LogP contribution in [0.15, 0.2) is 36.4 Å². The molecule has 0 aromatic heterocycles. The zero-order valence-electron chi connectivity index (χ0n) is 10.5. The van der Waals surface area contributed by atoms with Crippen molar-refractivity contribution in [1.82, 2.24) is 4.90 Å². The molecule has 19 heavy (non-hydrogen) atoms. The number of carbonyl (C=O) groups is 1. The topological polar surface area (TPSA) is 49.8 Å². The van der Waals surface area contributed by atoms with Gasteiger partial charge in [-0.25, -0.2) is 0 Å². The number of amides is 1. The van der Waals surface area contributed by atoms with E-state index in [4.69, 9.17) is 4.74 Å². The average molecular weight is 257 g/mol. The first kappa shape index (κ1) is 12.0. The Hall–Kier alpha value is -2.07. The van der Waals surface area contributed by atoms with Crippen molar-refractivity contribution in [2.45, 2.75) is 0 Å². The number of hydrogen-bond acceptors (Lipinski definition) is 3. The maximum Gasteiger partial charge on any atom is 0.254 e. The summed E-state index contributed by atoms with van der Waals surface area (Å²) < 4.78 is 5.25. The largest absolute Gasteiger partial charge is 0.507 e. The molecule has 1 aliphatic heterocycles. The molecule has 1 fully saturated rings. The van der Waals surface area contributed by atoms with Crippen LogP contribution in [-0.2, 0) is 4.74 Å². The van der Waals surface area contributed by atoms with Crippen LogP contribution in [0.4, 0.5) is 0 Å². The van der Waals surface area contributed by atoms with Gasteiger partial charge in [-0.2, -0.15) is 0 Å². The van der Waals surface area contributed by atoms with Crippen molar-refractivity contribution in [3.8, 4) is 5.75 Å². The third kappa shape index (κ3) is 2.15. The van der Waals surface area contributed by atoms with E-state index in [1.165, 1.54) is 0 Å². The third-order valence-corrected chi connectivity index (χ3v) is 3.41. The van der Waals surface area contributed by atoms with Gasteiger partial charge in [-0.05, 0) is 17.5 Å². The van der Waals surface area contributed by atoms with Crippen molar-refractivity contribution in [2.75, 3.05) is 26.3 Å². The number of phenolic OH excluding ortho intramolecular Hbond substituents is 1. The Morgan fingerprint density at radius 3 is 2.53 bits per heavy atom. The molecule has 1 aliphatic rings. The minimum Gasteiger partial charge on any atom is -0.507 e. The summed E-state index contributed by atoms with van der Waals surface area (Å²) >= 11 is 0. The molecule has 4 nitrogen and oxygen atoms in total. The number of rotatable bonds is 1. The Balaban J connectivity index is 2.06. The number of aromatic hydroxyl groups is 1. The van der Waals surface area contributed by atoms with Gasteiger partial charge in [0.25, 0.3) is 5.91 Å². The molecule has 3 rings (SSSR count). The molecule has 1 amide bonds. The van der Waals surface area contributed by atoms with Crippen LogP contribution in [0.3, 0.4) is 0 Å². The van der Waals surface area contributed by atoms with Gasteiger partial charge in [0.15, 0.2) is 0 Å². The summed E-state index contributed by atoms with van der Waals surface area (Å²) in [5.74, 6) is 0.102. The molecule has 2 aromatic rings. The van der Waals surface area contributed by atoms with Crippen molar-refractivity contribution < 1.29 is 14.6 Å². The van der Waals surface area contributed by atoms with E-state index in [2.05, 4.69) is 0 Å². The molecule has 0 saturated carbocycles. The normalized spacial score (nSPS) is 15.7. The second-order valence-electron chi connectivity index (χ2n) is 4.59. The van der Waals surface area contributed by atoms with Gasteiger partial charge in [0.2, 0.25) is 0 Å². The lowest BCUT2D eigenvalue weighted by atomic mass is 10.0. The standard InChI is InChI=1S/C15H15NO3/c17-13-6-2-4-11-3-1-5-12(14(11)13)15(18)16-7-9-19-10-8-16/h1-6,17H,7-10H2. The number of phenols is 1. The summed E-state index contributed by atoms with van der Waals surface area (Å²) in [6.07, 6.45) is 0. The zero-order valence-corrected chi connectivity index (χ0v) is 10.5. The Kier molecular flexibility index (Phi) is 3.09. The monoisotopic (exact) mass is 257 g/mol. The number of carbonyl (C=O) groups excluding carboxylic acids is 1. The van der Waals surface area contributed by atoms with E-state index in [0.717, 1.165) is 5.39 Å². The molecule has 1 N–H and O–H groups in total. The highest BCUT2D eigenvalue weighted by Gasteiger charge is 2.21. The molecule has 0 radical (unpaired) electrons. The lowest BCUT2D eigenvalue weighted by Gasteiger charge is -2.27. The highest BCUT2D eigenvalue weighted by Crippen LogP contribution is 2.28. The van der Waals surface area contributed by atoms with E-state index in [1.54, 1.807) is 23.1 Å². The van der Waals surface area contributed by atoms with Gasteiger partial charge in [-0.3, -0.25) is 4.79 Å². The van der Waals surface area contributed by atoms with Crippen LogP contribution in [0.2, 0.25) is 0 Å². The quantitative estimate of drug-likeness (QED) is 0.850. The summed E-state index contributed by atoms with van der Waals surface area (Å²) in [5.41, 5.74) is 0.553. The summed E-state index contributed by atoms with van der Waals surface area (Å²) in [4.78, 5) is 14.3. The van der Waals surface area contributed by atoms with E-state index in [0.29, 0.717) is 37.3 Å². The lowest BCUT2D eigenvalue weighted by molar-refractivity contribution is 0.0304. The van der Waals surface area contributed by atoms with Gasteiger partial charge in [-0.1, -0.05) is 24.3 Å². The van der Waals surface area contributed by atoms with E-state index < -0.39 is 0 Å². The smallest absolute Gasteiger partial charge is 0.254 e. The molecule has 0 atom stereocenters. The number of benzene rings is 2. The predicted octanol–water partition coefficient (Wildman–Crippen LogP) is 2.02. The fourth-order valence-corrected chi connectivity index (χ4v) is 2.44. The van der Waals surface area contributed by atoms with Crippen LogP contribution in [0.1, 0.15) is 10.4 Å². The molecule has 1 heterocycles. The molecule has 2 aromatic carbocycles. The average Bonchev–Trinajstić information content (AvgIpc) is 2.47. The molecule has 0 aliphatic carbocycles. The second kappa shape index (κ2) is 4.90. The highest BCUT2D eigenvalue weighted by atomic mass is 16.5. The van der Waals surface area contributed by atoms with Crippen molar-refractivity contribution in [3.63, 3.8) is 0 Å². The van der Waals surface area contributed by atoms with Crippen LogP contribution >= 0.6 is 0 Å². The Bertz CT molecular complexity index is 613. The summed E-state index contributed by atoms with van der Waals surface area (Å²) in [5, 5.41) is 11.5. The number of morpholine rings is 1. The van der Waals surface area contributed by atoms with E-state index >= 15 is 0 Å². The van der Waals surface area contributed by atoms with Crippen LogP contribution in [-0.4, -0.2) is 42.2 Å². The fourth-order valence-electron chi connectivity index (χ4n) is 2.44. The molecular weight excluding hydrogens is 242 g/mol. The number of ether oxygens (including phenoxy) is 1. The molecule has 98 valence electrons. The third-order valence-electron chi connectivity index (χ3n) is 3.41. The minimum absolute atomic E-state index is 0.0459. The first-order chi connectivity index (χ1) is 9.27.